The Balaban J connectivity index is 1.82. The predicted molar refractivity (Wildman–Crippen MR) is 192 cm³/mol. The van der Waals surface area contributed by atoms with Crippen LogP contribution in [0.4, 0.5) is 5.69 Å². The summed E-state index contributed by atoms with van der Waals surface area (Å²) in [5.74, 6) is 0.368. The van der Waals surface area contributed by atoms with Gasteiger partial charge in [-0.2, -0.15) is 0 Å². The van der Waals surface area contributed by atoms with Gasteiger partial charge in [0.15, 0.2) is 0 Å². The minimum atomic E-state index is -4.27. The quantitative estimate of drug-likeness (QED) is 0.152. The number of halogens is 1. The summed E-state index contributed by atoms with van der Waals surface area (Å²) in [7, 11) is -1.22. The van der Waals surface area contributed by atoms with Crippen molar-refractivity contribution in [1.82, 2.24) is 10.2 Å². The van der Waals surface area contributed by atoms with Crippen molar-refractivity contribution in [3.8, 4) is 11.5 Å². The fourth-order valence-electron chi connectivity index (χ4n) is 5.12. The number of sulfonamides is 1. The van der Waals surface area contributed by atoms with Crippen molar-refractivity contribution >= 4 is 43.5 Å². The number of anilines is 1. The average molecular weight is 737 g/mol. The lowest BCUT2D eigenvalue weighted by atomic mass is 10.0. The lowest BCUT2D eigenvalue weighted by Gasteiger charge is -2.34. The molecule has 0 saturated carbocycles. The number of hydrogen-bond donors (Lipinski definition) is 1. The van der Waals surface area contributed by atoms with Gasteiger partial charge >= 0.3 is 0 Å². The zero-order valence-electron chi connectivity index (χ0n) is 27.9. The number of ether oxygens (including phenoxy) is 2. The molecule has 4 rings (SSSR count). The van der Waals surface area contributed by atoms with E-state index in [-0.39, 0.29) is 29.7 Å². The van der Waals surface area contributed by atoms with Crippen molar-refractivity contribution in [2.75, 3.05) is 31.6 Å². The zero-order chi connectivity index (χ0) is 34.8. The van der Waals surface area contributed by atoms with Gasteiger partial charge in [0.25, 0.3) is 10.0 Å². The van der Waals surface area contributed by atoms with E-state index in [0.717, 1.165) is 21.0 Å². The molecule has 0 aliphatic carbocycles. The van der Waals surface area contributed by atoms with Gasteiger partial charge in [-0.1, -0.05) is 74.0 Å². The molecular formula is C37H42BrN3O6S. The summed E-state index contributed by atoms with van der Waals surface area (Å²) in [4.78, 5) is 30.0. The number of nitrogens with one attached hydrogen (secondary N) is 1. The molecular weight excluding hydrogens is 694 g/mol. The second-order valence-electron chi connectivity index (χ2n) is 11.9. The van der Waals surface area contributed by atoms with Crippen molar-refractivity contribution in [3.05, 3.63) is 118 Å². The summed E-state index contributed by atoms with van der Waals surface area (Å²) in [6, 6.07) is 27.1. The standard InChI is InChI=1S/C37H42BrN3O6S/c1-26(2)23-39-37(43)34(21-28-10-7-6-8-11-28)40(24-29-12-9-13-31(20-29)46-4)36(42)25-41(30-16-14-27(3)15-17-30)48(44,45)32-18-19-35(47-5)33(38)22-32/h6-20,22,26,34H,21,23-25H2,1-5H3,(H,39,43). The van der Waals surface area contributed by atoms with E-state index in [1.54, 1.807) is 49.6 Å². The van der Waals surface area contributed by atoms with Crippen LogP contribution in [0.5, 0.6) is 11.5 Å². The van der Waals surface area contributed by atoms with E-state index >= 15 is 0 Å². The highest BCUT2D eigenvalue weighted by Crippen LogP contribution is 2.31. The van der Waals surface area contributed by atoms with Crippen LogP contribution >= 0.6 is 15.9 Å². The molecule has 9 nitrogen and oxygen atoms in total. The normalized spacial score (nSPS) is 11.9. The SMILES string of the molecule is COc1cccc(CN(C(=O)CN(c2ccc(C)cc2)S(=O)(=O)c2ccc(OC)c(Br)c2)C(Cc2ccccc2)C(=O)NCC(C)C)c1. The summed E-state index contributed by atoms with van der Waals surface area (Å²) in [6.07, 6.45) is 0.225. The maximum atomic E-state index is 14.7. The van der Waals surface area contributed by atoms with E-state index in [1.165, 1.54) is 24.1 Å². The first-order chi connectivity index (χ1) is 22.9. The highest BCUT2D eigenvalue weighted by molar-refractivity contribution is 9.10. The van der Waals surface area contributed by atoms with Gasteiger partial charge in [-0.25, -0.2) is 8.42 Å². The van der Waals surface area contributed by atoms with Gasteiger partial charge in [0, 0.05) is 19.5 Å². The van der Waals surface area contributed by atoms with Crippen molar-refractivity contribution in [3.63, 3.8) is 0 Å². The Bertz CT molecular complexity index is 1800. The van der Waals surface area contributed by atoms with E-state index in [2.05, 4.69) is 21.2 Å². The average Bonchev–Trinajstić information content (AvgIpc) is 3.08. The number of carbonyl (C=O) groups is 2. The molecule has 0 aliphatic heterocycles. The Labute approximate surface area is 292 Å². The van der Waals surface area contributed by atoms with Crippen LogP contribution in [-0.4, -0.2) is 58.5 Å². The summed E-state index contributed by atoms with van der Waals surface area (Å²) >= 11 is 3.39. The molecule has 0 spiro atoms. The van der Waals surface area contributed by atoms with E-state index in [4.69, 9.17) is 9.47 Å². The molecule has 0 saturated heterocycles. The maximum Gasteiger partial charge on any atom is 0.264 e. The highest BCUT2D eigenvalue weighted by Gasteiger charge is 2.35. The smallest absolute Gasteiger partial charge is 0.264 e. The van der Waals surface area contributed by atoms with Gasteiger partial charge in [0.1, 0.15) is 24.1 Å². The Morgan fingerprint density at radius 2 is 1.54 bits per heavy atom. The number of carbonyl (C=O) groups excluding carboxylic acids is 2. The van der Waals surface area contributed by atoms with Crippen LogP contribution in [0.25, 0.3) is 0 Å². The molecule has 254 valence electrons. The first-order valence-electron chi connectivity index (χ1n) is 15.6. The Kier molecular flexibility index (Phi) is 12.7. The summed E-state index contributed by atoms with van der Waals surface area (Å²) < 4.78 is 41.0. The molecule has 0 aromatic heterocycles. The van der Waals surface area contributed by atoms with E-state index in [0.29, 0.717) is 28.2 Å². The lowest BCUT2D eigenvalue weighted by Crippen LogP contribution is -2.53. The van der Waals surface area contributed by atoms with Gasteiger partial charge in [0.2, 0.25) is 11.8 Å². The van der Waals surface area contributed by atoms with Crippen molar-refractivity contribution in [1.29, 1.82) is 0 Å². The molecule has 0 bridgehead atoms. The fraction of sp³-hybridized carbons (Fsp3) is 0.297. The van der Waals surface area contributed by atoms with Crippen LogP contribution in [0, 0.1) is 12.8 Å². The first kappa shape index (κ1) is 36.5. The molecule has 4 aromatic rings. The van der Waals surface area contributed by atoms with Gasteiger partial charge < -0.3 is 19.7 Å². The molecule has 1 unspecified atom stereocenters. The minimum absolute atomic E-state index is 0.0293. The van der Waals surface area contributed by atoms with Crippen LogP contribution in [0.15, 0.2) is 106 Å². The lowest BCUT2D eigenvalue weighted by molar-refractivity contribution is -0.140. The molecule has 11 heteroatoms. The van der Waals surface area contributed by atoms with Crippen molar-refractivity contribution in [2.45, 2.75) is 44.7 Å². The number of rotatable bonds is 15. The third kappa shape index (κ3) is 9.38. The van der Waals surface area contributed by atoms with Crippen molar-refractivity contribution < 1.29 is 27.5 Å². The minimum Gasteiger partial charge on any atom is -0.497 e. The monoisotopic (exact) mass is 735 g/mol. The summed E-state index contributed by atoms with van der Waals surface area (Å²) in [6.45, 7) is 5.79. The van der Waals surface area contributed by atoms with Gasteiger partial charge in [-0.3, -0.25) is 13.9 Å². The second-order valence-corrected chi connectivity index (χ2v) is 14.6. The maximum absolute atomic E-state index is 14.7. The second kappa shape index (κ2) is 16.7. The molecule has 1 atom stereocenters. The molecule has 1 N–H and O–H groups in total. The molecule has 2 amide bonds. The zero-order valence-corrected chi connectivity index (χ0v) is 30.3. The highest BCUT2D eigenvalue weighted by atomic mass is 79.9. The molecule has 48 heavy (non-hydrogen) atoms. The van der Waals surface area contributed by atoms with E-state index in [1.807, 2.05) is 63.2 Å². The number of benzene rings is 4. The first-order valence-corrected chi connectivity index (χ1v) is 17.8. The molecule has 0 aliphatic rings. The largest absolute Gasteiger partial charge is 0.497 e. The van der Waals surface area contributed by atoms with Crippen LogP contribution in [0.3, 0.4) is 0 Å². The molecule has 0 radical (unpaired) electrons. The van der Waals surface area contributed by atoms with Gasteiger partial charge in [-0.15, -0.1) is 0 Å². The molecule has 4 aromatic carbocycles. The van der Waals surface area contributed by atoms with Crippen molar-refractivity contribution in [2.24, 2.45) is 5.92 Å². The number of hydrogen-bond acceptors (Lipinski definition) is 6. The number of nitrogens with zero attached hydrogens (tertiary/aromatic N) is 2. The number of aryl methyl sites for hydroxylation is 1. The van der Waals surface area contributed by atoms with E-state index in [9.17, 15) is 18.0 Å². The Morgan fingerprint density at radius 1 is 0.854 bits per heavy atom. The fourth-order valence-corrected chi connectivity index (χ4v) is 7.25. The van der Waals surface area contributed by atoms with Crippen LogP contribution < -0.4 is 19.1 Å². The molecule has 0 heterocycles. The summed E-state index contributed by atoms with van der Waals surface area (Å²) in [5.41, 5.74) is 2.82. The predicted octanol–water partition coefficient (Wildman–Crippen LogP) is 6.38. The number of methoxy groups -OCH3 is 2. The number of amides is 2. The van der Waals surface area contributed by atoms with E-state index < -0.39 is 28.5 Å². The van der Waals surface area contributed by atoms with Crippen LogP contribution in [0.2, 0.25) is 0 Å². The third-order valence-corrected chi connectivity index (χ3v) is 10.1. The Hall–Kier alpha value is -4.35. The van der Waals surface area contributed by atoms with Crippen LogP contribution in [0.1, 0.15) is 30.5 Å². The molecule has 0 fully saturated rings. The Morgan fingerprint density at radius 3 is 2.17 bits per heavy atom. The topological polar surface area (TPSA) is 105 Å². The third-order valence-electron chi connectivity index (χ3n) is 7.75. The summed E-state index contributed by atoms with van der Waals surface area (Å²) in [5, 5.41) is 3.00. The van der Waals surface area contributed by atoms with Crippen LogP contribution in [-0.2, 0) is 32.6 Å². The van der Waals surface area contributed by atoms with Gasteiger partial charge in [0.05, 0.1) is 29.3 Å². The van der Waals surface area contributed by atoms with Gasteiger partial charge in [-0.05, 0) is 82.4 Å².